The monoisotopic (exact) mass is 271 g/mol. The highest BCUT2D eigenvalue weighted by Gasteiger charge is 2.16. The van der Waals surface area contributed by atoms with Crippen molar-refractivity contribution in [2.45, 2.75) is 13.8 Å². The third-order valence-corrected chi connectivity index (χ3v) is 2.91. The Balaban J connectivity index is 3.01. The SMILES string of the molecule is CCN(CC)NC(=O)c1cc(Cl)c(N)cc1OC. The number of hydrazine groups is 1. The van der Waals surface area contributed by atoms with E-state index in [2.05, 4.69) is 5.43 Å². The second-order valence-electron chi connectivity index (χ2n) is 3.69. The fraction of sp³-hybridized carbons (Fsp3) is 0.417. The van der Waals surface area contributed by atoms with Crippen LogP contribution in [0.5, 0.6) is 5.75 Å². The van der Waals surface area contributed by atoms with Crippen LogP contribution in [0.4, 0.5) is 5.69 Å². The molecule has 5 nitrogen and oxygen atoms in total. The third-order valence-electron chi connectivity index (χ3n) is 2.59. The van der Waals surface area contributed by atoms with Crippen LogP contribution < -0.4 is 15.9 Å². The number of ether oxygens (including phenoxy) is 1. The molecule has 0 aliphatic heterocycles. The normalized spacial score (nSPS) is 10.5. The Kier molecular flexibility index (Phi) is 5.25. The van der Waals surface area contributed by atoms with E-state index in [0.29, 0.717) is 35.1 Å². The van der Waals surface area contributed by atoms with Gasteiger partial charge in [0.25, 0.3) is 5.91 Å². The third kappa shape index (κ3) is 3.27. The number of nitrogen functional groups attached to an aromatic ring is 1. The van der Waals surface area contributed by atoms with Crippen LogP contribution in [0.15, 0.2) is 12.1 Å². The minimum Gasteiger partial charge on any atom is -0.496 e. The lowest BCUT2D eigenvalue weighted by molar-refractivity contribution is 0.0802. The average Bonchev–Trinajstić information content (AvgIpc) is 2.38. The van der Waals surface area contributed by atoms with Crippen LogP contribution >= 0.6 is 11.6 Å². The molecule has 0 fully saturated rings. The van der Waals surface area contributed by atoms with Crippen LogP contribution in [-0.2, 0) is 0 Å². The topological polar surface area (TPSA) is 67.6 Å². The lowest BCUT2D eigenvalue weighted by Gasteiger charge is -2.20. The summed E-state index contributed by atoms with van der Waals surface area (Å²) < 4.78 is 5.13. The molecule has 0 aliphatic rings. The fourth-order valence-electron chi connectivity index (χ4n) is 1.50. The molecule has 0 bridgehead atoms. The largest absolute Gasteiger partial charge is 0.496 e. The molecule has 18 heavy (non-hydrogen) atoms. The molecule has 0 spiro atoms. The number of nitrogens with two attached hydrogens (primary N) is 1. The number of rotatable bonds is 5. The number of nitrogens with one attached hydrogen (secondary N) is 1. The molecule has 0 atom stereocenters. The Labute approximate surface area is 112 Å². The van der Waals surface area contributed by atoms with Gasteiger partial charge in [0.15, 0.2) is 0 Å². The number of methoxy groups -OCH3 is 1. The maximum Gasteiger partial charge on any atom is 0.269 e. The highest BCUT2D eigenvalue weighted by atomic mass is 35.5. The van der Waals surface area contributed by atoms with E-state index < -0.39 is 0 Å². The molecule has 1 rings (SSSR count). The Morgan fingerprint density at radius 2 is 2.06 bits per heavy atom. The molecule has 0 saturated heterocycles. The van der Waals surface area contributed by atoms with E-state index in [1.54, 1.807) is 11.1 Å². The standard InChI is InChI=1S/C12H18ClN3O2/c1-4-16(5-2)15-12(17)8-6-9(13)10(14)7-11(8)18-3/h6-7H,4-5,14H2,1-3H3,(H,15,17). The molecule has 1 aromatic rings. The van der Waals surface area contributed by atoms with E-state index in [4.69, 9.17) is 22.1 Å². The summed E-state index contributed by atoms with van der Waals surface area (Å²) >= 11 is 5.92. The van der Waals surface area contributed by atoms with E-state index in [-0.39, 0.29) is 5.91 Å². The van der Waals surface area contributed by atoms with Crippen LogP contribution in [0, 0.1) is 0 Å². The van der Waals surface area contributed by atoms with Crippen LogP contribution in [0.1, 0.15) is 24.2 Å². The van der Waals surface area contributed by atoms with Gasteiger partial charge in [0.05, 0.1) is 23.4 Å². The van der Waals surface area contributed by atoms with Crippen molar-refractivity contribution in [1.82, 2.24) is 10.4 Å². The molecule has 0 saturated carbocycles. The molecule has 0 aliphatic carbocycles. The molecule has 0 heterocycles. The van der Waals surface area contributed by atoms with Crippen LogP contribution in [0.2, 0.25) is 5.02 Å². The van der Waals surface area contributed by atoms with Gasteiger partial charge in [-0.25, -0.2) is 5.01 Å². The summed E-state index contributed by atoms with van der Waals surface area (Å²) in [5, 5.41) is 2.12. The molecule has 0 aromatic heterocycles. The highest BCUT2D eigenvalue weighted by Crippen LogP contribution is 2.28. The molecule has 1 amide bonds. The van der Waals surface area contributed by atoms with Crippen molar-refractivity contribution in [3.63, 3.8) is 0 Å². The predicted octanol–water partition coefficient (Wildman–Crippen LogP) is 1.92. The Morgan fingerprint density at radius 3 is 2.56 bits per heavy atom. The second kappa shape index (κ2) is 6.47. The van der Waals surface area contributed by atoms with Gasteiger partial charge in [0.1, 0.15) is 5.75 Å². The molecule has 0 unspecified atom stereocenters. The van der Waals surface area contributed by atoms with Crippen molar-refractivity contribution in [2.75, 3.05) is 25.9 Å². The van der Waals surface area contributed by atoms with Crippen molar-refractivity contribution < 1.29 is 9.53 Å². The smallest absolute Gasteiger partial charge is 0.269 e. The molecule has 3 N–H and O–H groups in total. The summed E-state index contributed by atoms with van der Waals surface area (Å²) in [6, 6.07) is 3.05. The zero-order valence-electron chi connectivity index (χ0n) is 10.8. The number of nitrogens with zero attached hydrogens (tertiary/aromatic N) is 1. The van der Waals surface area contributed by atoms with Crippen molar-refractivity contribution >= 4 is 23.2 Å². The minimum atomic E-state index is -0.266. The maximum atomic E-state index is 12.1. The summed E-state index contributed by atoms with van der Waals surface area (Å²) in [5.41, 5.74) is 9.18. The van der Waals surface area contributed by atoms with Gasteiger partial charge >= 0.3 is 0 Å². The van der Waals surface area contributed by atoms with Crippen LogP contribution in [-0.4, -0.2) is 31.1 Å². The van der Waals surface area contributed by atoms with E-state index in [9.17, 15) is 4.79 Å². The predicted molar refractivity (Wildman–Crippen MR) is 72.8 cm³/mol. The van der Waals surface area contributed by atoms with Gasteiger partial charge in [-0.2, -0.15) is 0 Å². The lowest BCUT2D eigenvalue weighted by Crippen LogP contribution is -2.41. The molecule has 0 radical (unpaired) electrons. The number of amides is 1. The summed E-state index contributed by atoms with van der Waals surface area (Å²) in [6.45, 7) is 5.34. The first-order chi connectivity index (χ1) is 8.53. The molecular formula is C12H18ClN3O2. The quantitative estimate of drug-likeness (QED) is 0.634. The first-order valence-corrected chi connectivity index (χ1v) is 6.10. The molecule has 100 valence electrons. The van der Waals surface area contributed by atoms with E-state index in [0.717, 1.165) is 0 Å². The first kappa shape index (κ1) is 14.6. The fourth-order valence-corrected chi connectivity index (χ4v) is 1.66. The Hall–Kier alpha value is -1.46. The average molecular weight is 272 g/mol. The van der Waals surface area contributed by atoms with Gasteiger partial charge in [-0.3, -0.25) is 10.2 Å². The highest BCUT2D eigenvalue weighted by molar-refractivity contribution is 6.33. The van der Waals surface area contributed by atoms with Gasteiger partial charge in [0, 0.05) is 19.2 Å². The van der Waals surface area contributed by atoms with Crippen molar-refractivity contribution in [2.24, 2.45) is 0 Å². The van der Waals surface area contributed by atoms with E-state index >= 15 is 0 Å². The minimum absolute atomic E-state index is 0.266. The number of halogens is 1. The number of carbonyl (C=O) groups is 1. The van der Waals surface area contributed by atoms with Crippen LogP contribution in [0.25, 0.3) is 0 Å². The number of anilines is 1. The van der Waals surface area contributed by atoms with E-state index in [1.165, 1.54) is 13.2 Å². The summed E-state index contributed by atoms with van der Waals surface area (Å²) in [6.07, 6.45) is 0. The van der Waals surface area contributed by atoms with E-state index in [1.807, 2.05) is 13.8 Å². The summed E-state index contributed by atoms with van der Waals surface area (Å²) in [7, 11) is 1.48. The van der Waals surface area contributed by atoms with Crippen molar-refractivity contribution in [3.8, 4) is 5.75 Å². The first-order valence-electron chi connectivity index (χ1n) is 5.72. The zero-order valence-corrected chi connectivity index (χ0v) is 11.5. The maximum absolute atomic E-state index is 12.1. The van der Waals surface area contributed by atoms with Crippen LogP contribution in [0.3, 0.4) is 0 Å². The second-order valence-corrected chi connectivity index (χ2v) is 4.09. The zero-order chi connectivity index (χ0) is 13.7. The van der Waals surface area contributed by atoms with Gasteiger partial charge in [-0.15, -0.1) is 0 Å². The summed E-state index contributed by atoms with van der Waals surface area (Å²) in [5.74, 6) is 0.138. The van der Waals surface area contributed by atoms with Gasteiger partial charge < -0.3 is 10.5 Å². The molecule has 1 aromatic carbocycles. The lowest BCUT2D eigenvalue weighted by atomic mass is 10.1. The van der Waals surface area contributed by atoms with Crippen molar-refractivity contribution in [3.05, 3.63) is 22.7 Å². The number of carbonyl (C=O) groups excluding carboxylic acids is 1. The number of benzene rings is 1. The van der Waals surface area contributed by atoms with Crippen molar-refractivity contribution in [1.29, 1.82) is 0 Å². The Morgan fingerprint density at radius 1 is 1.44 bits per heavy atom. The van der Waals surface area contributed by atoms with Gasteiger partial charge in [-0.1, -0.05) is 25.4 Å². The van der Waals surface area contributed by atoms with Gasteiger partial charge in [0.2, 0.25) is 0 Å². The Bertz CT molecular complexity index is 434. The molecular weight excluding hydrogens is 254 g/mol. The van der Waals surface area contributed by atoms with Gasteiger partial charge in [-0.05, 0) is 6.07 Å². The number of hydrogen-bond acceptors (Lipinski definition) is 4. The summed E-state index contributed by atoms with van der Waals surface area (Å²) in [4.78, 5) is 12.1. The number of hydrogen-bond donors (Lipinski definition) is 2. The molecule has 6 heteroatoms.